The molecular weight excluding hydrogens is 793 g/mol. The molecule has 0 aromatic heterocycles. The summed E-state index contributed by atoms with van der Waals surface area (Å²) in [7, 11) is 0. The number of hydrogen-bond donors (Lipinski definition) is 0. The molecule has 0 bridgehead atoms. The van der Waals surface area contributed by atoms with Gasteiger partial charge in [-0.15, -0.1) is 0 Å². The minimum Gasteiger partial charge on any atom is -0.462 e. The van der Waals surface area contributed by atoms with Crippen LogP contribution in [0.5, 0.6) is 0 Å². The van der Waals surface area contributed by atoms with Crippen molar-refractivity contribution in [3.8, 4) is 0 Å². The molecule has 0 fully saturated rings. The van der Waals surface area contributed by atoms with Gasteiger partial charge < -0.3 is 14.2 Å². The van der Waals surface area contributed by atoms with Gasteiger partial charge in [-0.2, -0.15) is 0 Å². The number of unbranched alkanes of at least 4 members (excludes halogenated alkanes) is 28. The fourth-order valence-corrected chi connectivity index (χ4v) is 7.37. The van der Waals surface area contributed by atoms with E-state index in [9.17, 15) is 14.4 Å². The van der Waals surface area contributed by atoms with Gasteiger partial charge in [0.15, 0.2) is 6.10 Å². The Bertz CT molecular complexity index is 1250. The molecule has 0 spiro atoms. The number of hydrogen-bond acceptors (Lipinski definition) is 6. The SMILES string of the molecule is CC\C=C/C=C\C=C/C=C\C=C\C=C/C=C\CCCCCC(=O)OCC(COC(=O)CCCCCCCCCCCCC)OC(=O)CCCCCCCCCCCCCCCCCC. The van der Waals surface area contributed by atoms with Gasteiger partial charge in [-0.1, -0.05) is 273 Å². The lowest BCUT2D eigenvalue weighted by molar-refractivity contribution is -0.167. The lowest BCUT2D eigenvalue weighted by Crippen LogP contribution is -2.30. The Hall–Kier alpha value is -3.41. The molecule has 0 aliphatic rings. The molecule has 366 valence electrons. The normalized spacial score (nSPS) is 12.7. The molecule has 0 aromatic carbocycles. The summed E-state index contributed by atoms with van der Waals surface area (Å²) in [5.74, 6) is -0.931. The molecule has 0 radical (unpaired) electrons. The van der Waals surface area contributed by atoms with Crippen LogP contribution in [0.15, 0.2) is 85.1 Å². The summed E-state index contributed by atoms with van der Waals surface area (Å²) in [5.41, 5.74) is 0. The van der Waals surface area contributed by atoms with Gasteiger partial charge >= 0.3 is 17.9 Å². The molecule has 0 aromatic rings. The summed E-state index contributed by atoms with van der Waals surface area (Å²) in [4.78, 5) is 38.0. The average molecular weight is 891 g/mol. The zero-order valence-electron chi connectivity index (χ0n) is 41.8. The Morgan fingerprint density at radius 3 is 0.953 bits per heavy atom. The van der Waals surface area contributed by atoms with E-state index in [4.69, 9.17) is 14.2 Å². The highest BCUT2D eigenvalue weighted by Crippen LogP contribution is 2.16. The van der Waals surface area contributed by atoms with Crippen LogP contribution in [-0.2, 0) is 28.6 Å². The number of rotatable bonds is 47. The van der Waals surface area contributed by atoms with Crippen molar-refractivity contribution in [3.05, 3.63) is 85.1 Å². The zero-order chi connectivity index (χ0) is 46.5. The third-order valence-corrected chi connectivity index (χ3v) is 11.4. The van der Waals surface area contributed by atoms with Gasteiger partial charge in [-0.05, 0) is 38.5 Å². The minimum atomic E-state index is -0.792. The second kappa shape index (κ2) is 52.2. The van der Waals surface area contributed by atoms with E-state index in [0.29, 0.717) is 19.3 Å². The van der Waals surface area contributed by atoms with E-state index >= 15 is 0 Å². The maximum absolute atomic E-state index is 12.8. The quantitative estimate of drug-likeness (QED) is 0.0262. The predicted octanol–water partition coefficient (Wildman–Crippen LogP) is 17.6. The van der Waals surface area contributed by atoms with Crippen LogP contribution in [0.2, 0.25) is 0 Å². The van der Waals surface area contributed by atoms with E-state index in [2.05, 4.69) is 32.9 Å². The van der Waals surface area contributed by atoms with Crippen molar-refractivity contribution in [1.82, 2.24) is 0 Å². The van der Waals surface area contributed by atoms with Gasteiger partial charge in [0.25, 0.3) is 0 Å². The first-order chi connectivity index (χ1) is 31.5. The highest BCUT2D eigenvalue weighted by Gasteiger charge is 2.19. The Morgan fingerprint density at radius 2 is 0.609 bits per heavy atom. The van der Waals surface area contributed by atoms with Crippen LogP contribution in [0.3, 0.4) is 0 Å². The number of carbonyl (C=O) groups excluding carboxylic acids is 3. The van der Waals surface area contributed by atoms with Crippen LogP contribution in [-0.4, -0.2) is 37.2 Å². The molecule has 64 heavy (non-hydrogen) atoms. The van der Waals surface area contributed by atoms with Crippen molar-refractivity contribution in [2.24, 2.45) is 0 Å². The lowest BCUT2D eigenvalue weighted by Gasteiger charge is -2.18. The van der Waals surface area contributed by atoms with Gasteiger partial charge in [-0.25, -0.2) is 0 Å². The highest BCUT2D eigenvalue weighted by molar-refractivity contribution is 5.71. The average Bonchev–Trinajstić information content (AvgIpc) is 3.29. The molecule has 0 aliphatic heterocycles. The molecule has 6 heteroatoms. The summed E-state index contributed by atoms with van der Waals surface area (Å²) in [6, 6.07) is 0. The van der Waals surface area contributed by atoms with Gasteiger partial charge in [0.2, 0.25) is 0 Å². The molecule has 0 aliphatic carbocycles. The highest BCUT2D eigenvalue weighted by atomic mass is 16.6. The zero-order valence-corrected chi connectivity index (χ0v) is 41.8. The maximum Gasteiger partial charge on any atom is 0.306 e. The molecule has 6 nitrogen and oxygen atoms in total. The summed E-state index contributed by atoms with van der Waals surface area (Å²) in [5, 5.41) is 0. The maximum atomic E-state index is 12.8. The van der Waals surface area contributed by atoms with E-state index < -0.39 is 6.10 Å². The van der Waals surface area contributed by atoms with Crippen LogP contribution in [0.4, 0.5) is 0 Å². The van der Waals surface area contributed by atoms with Crippen LogP contribution < -0.4 is 0 Å². The molecular formula is C58H98O6. The summed E-state index contributed by atoms with van der Waals surface area (Å²) < 4.78 is 16.8. The second-order valence-electron chi connectivity index (χ2n) is 17.6. The van der Waals surface area contributed by atoms with Crippen molar-refractivity contribution in [2.45, 2.75) is 252 Å². The second-order valence-corrected chi connectivity index (χ2v) is 17.6. The van der Waals surface area contributed by atoms with Crippen molar-refractivity contribution in [2.75, 3.05) is 13.2 Å². The monoisotopic (exact) mass is 891 g/mol. The smallest absolute Gasteiger partial charge is 0.306 e. The third kappa shape index (κ3) is 49.6. The van der Waals surface area contributed by atoms with E-state index in [1.165, 1.54) is 135 Å². The van der Waals surface area contributed by atoms with Gasteiger partial charge in [0.1, 0.15) is 13.2 Å². The summed E-state index contributed by atoms with van der Waals surface area (Å²) in [6.07, 6.45) is 67.0. The number of carbonyl (C=O) groups is 3. The van der Waals surface area contributed by atoms with E-state index in [0.717, 1.165) is 70.6 Å². The van der Waals surface area contributed by atoms with Crippen molar-refractivity contribution < 1.29 is 28.6 Å². The minimum absolute atomic E-state index is 0.0886. The van der Waals surface area contributed by atoms with Crippen LogP contribution in [0.1, 0.15) is 245 Å². The topological polar surface area (TPSA) is 78.9 Å². The van der Waals surface area contributed by atoms with Crippen molar-refractivity contribution in [3.63, 3.8) is 0 Å². The summed E-state index contributed by atoms with van der Waals surface area (Å²) >= 11 is 0. The first kappa shape index (κ1) is 60.6. The third-order valence-electron chi connectivity index (χ3n) is 11.4. The fraction of sp³-hybridized carbons (Fsp3) is 0.707. The van der Waals surface area contributed by atoms with Gasteiger partial charge in [0.05, 0.1) is 0 Å². The Morgan fingerprint density at radius 1 is 0.328 bits per heavy atom. The summed E-state index contributed by atoms with van der Waals surface area (Å²) in [6.45, 7) is 6.46. The first-order valence-corrected chi connectivity index (χ1v) is 26.7. The van der Waals surface area contributed by atoms with E-state index in [1.807, 2.05) is 72.9 Å². The van der Waals surface area contributed by atoms with E-state index in [-0.39, 0.29) is 31.1 Å². The molecule has 1 unspecified atom stereocenters. The molecule has 0 saturated carbocycles. The first-order valence-electron chi connectivity index (χ1n) is 26.7. The molecule has 0 N–H and O–H groups in total. The number of esters is 3. The van der Waals surface area contributed by atoms with Crippen LogP contribution in [0.25, 0.3) is 0 Å². The molecule has 0 rings (SSSR count). The largest absolute Gasteiger partial charge is 0.462 e. The number of allylic oxidation sites excluding steroid dienone is 14. The predicted molar refractivity (Wildman–Crippen MR) is 274 cm³/mol. The molecule has 0 heterocycles. The molecule has 0 amide bonds. The Labute approximate surface area is 395 Å². The standard InChI is InChI=1S/C58H98O6/c1-4-7-10-13-16-19-22-24-26-28-29-30-32-33-36-39-42-45-48-51-57(60)63-54-55(53-62-56(59)50-47-44-41-38-35-21-18-15-12-9-6-3)64-58(61)52-49-46-43-40-37-34-31-27-25-23-20-17-14-11-8-5-2/h7,10,13,16,19,22,24,26,28-30,32-33,36,55H,4-6,8-9,11-12,14-15,17-18,20-21,23,25,27,31,34-35,37-54H2,1-3H3/b10-7-,16-13-,22-19-,26-24-,29-28+,32-30-,36-33-. The van der Waals surface area contributed by atoms with Crippen LogP contribution >= 0.6 is 0 Å². The fourth-order valence-electron chi connectivity index (χ4n) is 7.37. The lowest BCUT2D eigenvalue weighted by atomic mass is 10.0. The number of ether oxygens (including phenoxy) is 3. The van der Waals surface area contributed by atoms with E-state index in [1.54, 1.807) is 0 Å². The Kier molecular flexibility index (Phi) is 49.4. The van der Waals surface area contributed by atoms with Crippen molar-refractivity contribution in [1.29, 1.82) is 0 Å². The Balaban J connectivity index is 4.45. The molecule has 0 saturated heterocycles. The van der Waals surface area contributed by atoms with Crippen molar-refractivity contribution >= 4 is 17.9 Å². The molecule has 1 atom stereocenters. The van der Waals surface area contributed by atoms with Crippen LogP contribution in [0, 0.1) is 0 Å². The van der Waals surface area contributed by atoms with Gasteiger partial charge in [-0.3, -0.25) is 14.4 Å². The van der Waals surface area contributed by atoms with Gasteiger partial charge in [0, 0.05) is 19.3 Å².